The summed E-state index contributed by atoms with van der Waals surface area (Å²) in [4.78, 5) is 15.3. The Kier molecular flexibility index (Phi) is 5.93. The molecule has 0 fully saturated rings. The van der Waals surface area contributed by atoms with Crippen LogP contribution in [0.2, 0.25) is 0 Å². The van der Waals surface area contributed by atoms with Gasteiger partial charge in [-0.3, -0.25) is 4.99 Å². The number of hydrogen-bond donors (Lipinski definition) is 2. The van der Waals surface area contributed by atoms with Gasteiger partial charge in [0.2, 0.25) is 0 Å². The summed E-state index contributed by atoms with van der Waals surface area (Å²) in [5.74, 6) is 0.874. The van der Waals surface area contributed by atoms with Crippen molar-refractivity contribution in [1.82, 2.24) is 15.3 Å². The molecule has 0 unspecified atom stereocenters. The van der Waals surface area contributed by atoms with Crippen molar-refractivity contribution in [3.8, 4) is 10.7 Å². The van der Waals surface area contributed by atoms with Crippen LogP contribution in [-0.2, 0) is 11.8 Å². The number of anilines is 1. The molecule has 0 saturated carbocycles. The SMILES string of the molecule is Cc1cc(NC2=NCCCN2)c(C)cc1Cc1nc(-c2ncc(C(C)(C)C)s2)cs1. The molecule has 3 heterocycles. The quantitative estimate of drug-likeness (QED) is 0.561. The molecule has 4 rings (SSSR count). The van der Waals surface area contributed by atoms with Crippen LogP contribution in [0.3, 0.4) is 0 Å². The highest BCUT2D eigenvalue weighted by molar-refractivity contribution is 7.15. The zero-order valence-electron chi connectivity index (χ0n) is 18.3. The number of aliphatic imine (C=N–C) groups is 1. The number of aromatic nitrogens is 2. The molecule has 0 amide bonds. The van der Waals surface area contributed by atoms with Crippen molar-refractivity contribution in [3.05, 3.63) is 50.3 Å². The van der Waals surface area contributed by atoms with E-state index in [1.807, 2.05) is 6.20 Å². The van der Waals surface area contributed by atoms with Gasteiger partial charge >= 0.3 is 0 Å². The maximum absolute atomic E-state index is 4.88. The monoisotopic (exact) mass is 439 g/mol. The van der Waals surface area contributed by atoms with E-state index in [0.29, 0.717) is 0 Å². The summed E-state index contributed by atoms with van der Waals surface area (Å²) >= 11 is 3.46. The largest absolute Gasteiger partial charge is 0.356 e. The van der Waals surface area contributed by atoms with Crippen molar-refractivity contribution in [2.45, 2.75) is 52.9 Å². The molecule has 0 radical (unpaired) electrons. The van der Waals surface area contributed by atoms with Gasteiger partial charge in [-0.1, -0.05) is 26.8 Å². The molecule has 0 bridgehead atoms. The molecule has 158 valence electrons. The number of hydrogen-bond acceptors (Lipinski definition) is 7. The number of benzene rings is 1. The third-order valence-corrected chi connectivity index (χ3v) is 7.49. The van der Waals surface area contributed by atoms with Crippen molar-refractivity contribution >= 4 is 34.3 Å². The first-order chi connectivity index (χ1) is 14.3. The molecule has 2 aromatic heterocycles. The minimum Gasteiger partial charge on any atom is -0.356 e. The summed E-state index contributed by atoms with van der Waals surface area (Å²) in [7, 11) is 0. The highest BCUT2D eigenvalue weighted by Crippen LogP contribution is 2.33. The molecule has 1 aliphatic rings. The lowest BCUT2D eigenvalue weighted by Crippen LogP contribution is -2.35. The van der Waals surface area contributed by atoms with Crippen LogP contribution in [0.1, 0.15) is 53.8 Å². The molecule has 0 atom stereocenters. The first kappa shape index (κ1) is 21.0. The molecule has 0 aliphatic carbocycles. The smallest absolute Gasteiger partial charge is 0.195 e. The molecule has 2 N–H and O–H groups in total. The van der Waals surface area contributed by atoms with Crippen LogP contribution in [0.15, 0.2) is 28.7 Å². The van der Waals surface area contributed by atoms with E-state index in [1.165, 1.54) is 21.6 Å². The van der Waals surface area contributed by atoms with Crippen molar-refractivity contribution in [3.63, 3.8) is 0 Å². The Morgan fingerprint density at radius 1 is 1.17 bits per heavy atom. The fourth-order valence-electron chi connectivity index (χ4n) is 3.34. The van der Waals surface area contributed by atoms with Crippen LogP contribution < -0.4 is 10.6 Å². The number of nitrogens with one attached hydrogen (secondary N) is 2. The highest BCUT2D eigenvalue weighted by Gasteiger charge is 2.19. The van der Waals surface area contributed by atoms with Gasteiger partial charge in [-0.15, -0.1) is 22.7 Å². The van der Waals surface area contributed by atoms with Gasteiger partial charge in [-0.25, -0.2) is 9.97 Å². The Hall–Kier alpha value is -2.25. The van der Waals surface area contributed by atoms with E-state index in [4.69, 9.17) is 4.98 Å². The minimum absolute atomic E-state index is 0.123. The lowest BCUT2D eigenvalue weighted by molar-refractivity contribution is 0.602. The first-order valence-electron chi connectivity index (χ1n) is 10.4. The molecule has 1 aliphatic heterocycles. The maximum Gasteiger partial charge on any atom is 0.195 e. The van der Waals surface area contributed by atoms with Crippen molar-refractivity contribution in [2.75, 3.05) is 18.4 Å². The van der Waals surface area contributed by atoms with E-state index < -0.39 is 0 Å². The molecular weight excluding hydrogens is 410 g/mol. The van der Waals surface area contributed by atoms with Gasteiger partial charge in [-0.2, -0.15) is 0 Å². The molecule has 5 nitrogen and oxygen atoms in total. The van der Waals surface area contributed by atoms with Gasteiger partial charge < -0.3 is 10.6 Å². The van der Waals surface area contributed by atoms with Crippen LogP contribution in [0.25, 0.3) is 10.7 Å². The summed E-state index contributed by atoms with van der Waals surface area (Å²) < 4.78 is 0. The van der Waals surface area contributed by atoms with Crippen LogP contribution in [0, 0.1) is 13.8 Å². The summed E-state index contributed by atoms with van der Waals surface area (Å²) in [6.07, 6.45) is 3.93. The van der Waals surface area contributed by atoms with Crippen molar-refractivity contribution < 1.29 is 0 Å². The molecule has 0 saturated heterocycles. The Labute approximate surface area is 186 Å². The molecule has 0 spiro atoms. The first-order valence-corrected chi connectivity index (χ1v) is 12.1. The third kappa shape index (κ3) is 4.73. The van der Waals surface area contributed by atoms with Gasteiger partial charge in [0.25, 0.3) is 0 Å². The van der Waals surface area contributed by atoms with E-state index in [2.05, 4.69) is 72.7 Å². The molecule has 3 aromatic rings. The normalized spacial score (nSPS) is 14.4. The lowest BCUT2D eigenvalue weighted by Gasteiger charge is -2.18. The second-order valence-corrected chi connectivity index (χ2v) is 10.8. The zero-order chi connectivity index (χ0) is 21.3. The van der Waals surface area contributed by atoms with Crippen LogP contribution in [0.4, 0.5) is 5.69 Å². The zero-order valence-corrected chi connectivity index (χ0v) is 19.9. The Morgan fingerprint density at radius 2 is 2.00 bits per heavy atom. The number of aryl methyl sites for hydroxylation is 2. The Bertz CT molecular complexity index is 1070. The lowest BCUT2D eigenvalue weighted by atomic mass is 9.96. The number of nitrogens with zero attached hydrogens (tertiary/aromatic N) is 3. The number of thiazole rings is 2. The van der Waals surface area contributed by atoms with E-state index in [-0.39, 0.29) is 5.41 Å². The second kappa shape index (κ2) is 8.47. The van der Waals surface area contributed by atoms with E-state index >= 15 is 0 Å². The van der Waals surface area contributed by atoms with Crippen LogP contribution >= 0.6 is 22.7 Å². The van der Waals surface area contributed by atoms with Gasteiger partial charge in [0.1, 0.15) is 10.7 Å². The number of rotatable bonds is 4. The average Bonchev–Trinajstić information content (AvgIpc) is 3.36. The fourth-order valence-corrected chi connectivity index (χ4v) is 5.15. The van der Waals surface area contributed by atoms with Crippen molar-refractivity contribution in [2.24, 2.45) is 4.99 Å². The summed E-state index contributed by atoms with van der Waals surface area (Å²) in [6.45, 7) is 12.8. The highest BCUT2D eigenvalue weighted by atomic mass is 32.1. The van der Waals surface area contributed by atoms with Crippen molar-refractivity contribution in [1.29, 1.82) is 0 Å². The van der Waals surface area contributed by atoms with E-state index in [1.54, 1.807) is 22.7 Å². The average molecular weight is 440 g/mol. The second-order valence-electron chi connectivity index (χ2n) is 8.81. The standard InChI is InChI=1S/C23H29N5S2/c1-14-10-17(28-22-24-7-6-8-25-22)15(2)9-16(14)11-20-27-18(13-29-20)21-26-12-19(30-21)23(3,4)5/h9-10,12-13H,6-8,11H2,1-5H3,(H2,24,25,28). The Morgan fingerprint density at radius 3 is 2.70 bits per heavy atom. The summed E-state index contributed by atoms with van der Waals surface area (Å²) in [6, 6.07) is 4.48. The minimum atomic E-state index is 0.123. The molecule has 1 aromatic carbocycles. The predicted molar refractivity (Wildman–Crippen MR) is 129 cm³/mol. The van der Waals surface area contributed by atoms with Gasteiger partial charge in [0.05, 0.1) is 5.01 Å². The topological polar surface area (TPSA) is 62.2 Å². The molecule has 30 heavy (non-hydrogen) atoms. The Balaban J connectivity index is 1.50. The van der Waals surface area contributed by atoms with Gasteiger partial charge in [-0.05, 0) is 48.4 Å². The maximum atomic E-state index is 4.88. The summed E-state index contributed by atoms with van der Waals surface area (Å²) in [5, 5.41) is 11.0. The third-order valence-electron chi connectivity index (χ3n) is 5.19. The van der Waals surface area contributed by atoms with Crippen LogP contribution in [0.5, 0.6) is 0 Å². The van der Waals surface area contributed by atoms with E-state index in [0.717, 1.165) is 53.3 Å². The van der Waals surface area contributed by atoms with Gasteiger partial charge in [0, 0.05) is 41.7 Å². The molecule has 7 heteroatoms. The molecular formula is C23H29N5S2. The summed E-state index contributed by atoms with van der Waals surface area (Å²) in [5.41, 5.74) is 6.02. The predicted octanol–water partition coefficient (Wildman–Crippen LogP) is 5.53. The fraction of sp³-hybridized carbons (Fsp3) is 0.435. The number of guanidine groups is 1. The van der Waals surface area contributed by atoms with E-state index in [9.17, 15) is 0 Å². The van der Waals surface area contributed by atoms with Crippen LogP contribution in [-0.4, -0.2) is 29.0 Å². The van der Waals surface area contributed by atoms with Gasteiger partial charge in [0.15, 0.2) is 5.96 Å².